The van der Waals surface area contributed by atoms with Crippen LogP contribution in [-0.4, -0.2) is 22.5 Å². The van der Waals surface area contributed by atoms with Crippen LogP contribution in [0.25, 0.3) is 0 Å². The van der Waals surface area contributed by atoms with Gasteiger partial charge in [-0.15, -0.1) is 0 Å². The Balaban J connectivity index is 3.05. The van der Waals surface area contributed by atoms with E-state index in [1.807, 2.05) is 13.8 Å². The SMILES string of the molecule is Cc1ccnc(NC(CN)C(C)C)c1[N+](=O)[O-]. The van der Waals surface area contributed by atoms with Crippen LogP contribution in [0.5, 0.6) is 0 Å². The quantitative estimate of drug-likeness (QED) is 0.601. The number of nitrogens with one attached hydrogen (secondary N) is 1. The zero-order valence-electron chi connectivity index (χ0n) is 10.3. The Labute approximate surface area is 100 Å². The lowest BCUT2D eigenvalue weighted by molar-refractivity contribution is -0.384. The Bertz CT molecular complexity index is 406. The zero-order valence-corrected chi connectivity index (χ0v) is 10.3. The average Bonchev–Trinajstić information content (AvgIpc) is 2.24. The number of anilines is 1. The average molecular weight is 238 g/mol. The van der Waals surface area contributed by atoms with E-state index in [0.717, 1.165) is 0 Å². The van der Waals surface area contributed by atoms with Crippen molar-refractivity contribution in [2.24, 2.45) is 11.7 Å². The van der Waals surface area contributed by atoms with Gasteiger partial charge in [0.1, 0.15) is 0 Å². The summed E-state index contributed by atoms with van der Waals surface area (Å²) in [5.74, 6) is 0.570. The largest absolute Gasteiger partial charge is 0.360 e. The fourth-order valence-electron chi connectivity index (χ4n) is 1.56. The van der Waals surface area contributed by atoms with Gasteiger partial charge in [-0.1, -0.05) is 13.8 Å². The first kappa shape index (κ1) is 13.4. The molecule has 1 unspecified atom stereocenters. The minimum atomic E-state index is -0.418. The fraction of sp³-hybridized carbons (Fsp3) is 0.545. The lowest BCUT2D eigenvalue weighted by atomic mass is 10.0. The molecule has 1 aromatic rings. The van der Waals surface area contributed by atoms with Crippen LogP contribution >= 0.6 is 0 Å². The molecule has 6 heteroatoms. The number of pyridine rings is 1. The summed E-state index contributed by atoms with van der Waals surface area (Å²) in [4.78, 5) is 14.6. The Kier molecular flexibility index (Phi) is 4.39. The second kappa shape index (κ2) is 5.58. The highest BCUT2D eigenvalue weighted by Gasteiger charge is 2.21. The molecular weight excluding hydrogens is 220 g/mol. The molecule has 0 saturated heterocycles. The van der Waals surface area contributed by atoms with Crippen LogP contribution in [0.1, 0.15) is 19.4 Å². The van der Waals surface area contributed by atoms with Crippen molar-refractivity contribution < 1.29 is 4.92 Å². The molecule has 0 aliphatic rings. The maximum absolute atomic E-state index is 11.0. The van der Waals surface area contributed by atoms with Crippen LogP contribution in [0.2, 0.25) is 0 Å². The Morgan fingerprint density at radius 3 is 2.71 bits per heavy atom. The number of nitrogens with zero attached hydrogens (tertiary/aromatic N) is 2. The van der Waals surface area contributed by atoms with Gasteiger partial charge in [-0.05, 0) is 18.9 Å². The van der Waals surface area contributed by atoms with Crippen molar-refractivity contribution in [3.8, 4) is 0 Å². The highest BCUT2D eigenvalue weighted by Crippen LogP contribution is 2.26. The molecule has 0 saturated carbocycles. The molecule has 1 aromatic heterocycles. The summed E-state index contributed by atoms with van der Waals surface area (Å²) in [5, 5.41) is 14.0. The predicted molar refractivity (Wildman–Crippen MR) is 66.9 cm³/mol. The third-order valence-electron chi connectivity index (χ3n) is 2.69. The normalized spacial score (nSPS) is 12.5. The van der Waals surface area contributed by atoms with E-state index >= 15 is 0 Å². The molecule has 0 fully saturated rings. The lowest BCUT2D eigenvalue weighted by Gasteiger charge is -2.21. The molecule has 17 heavy (non-hydrogen) atoms. The minimum absolute atomic E-state index is 0.0200. The second-order valence-electron chi connectivity index (χ2n) is 4.31. The monoisotopic (exact) mass is 238 g/mol. The number of hydrogen-bond acceptors (Lipinski definition) is 5. The molecule has 0 radical (unpaired) electrons. The first-order valence-electron chi connectivity index (χ1n) is 5.54. The maximum Gasteiger partial charge on any atom is 0.314 e. The van der Waals surface area contributed by atoms with Gasteiger partial charge in [0.05, 0.1) is 4.92 Å². The number of hydrogen-bond donors (Lipinski definition) is 2. The summed E-state index contributed by atoms with van der Waals surface area (Å²) in [7, 11) is 0. The van der Waals surface area contributed by atoms with E-state index < -0.39 is 4.92 Å². The molecule has 1 heterocycles. The smallest absolute Gasteiger partial charge is 0.314 e. The van der Waals surface area contributed by atoms with Crippen molar-refractivity contribution in [3.05, 3.63) is 27.9 Å². The van der Waals surface area contributed by atoms with E-state index in [-0.39, 0.29) is 17.6 Å². The van der Waals surface area contributed by atoms with Crippen LogP contribution in [0.4, 0.5) is 11.5 Å². The molecule has 0 bridgehead atoms. The standard InChI is InChI=1S/C11H18N4O2/c1-7(2)9(6-12)14-11-10(15(16)17)8(3)4-5-13-11/h4-5,7,9H,6,12H2,1-3H3,(H,13,14). The Morgan fingerprint density at radius 2 is 2.24 bits per heavy atom. The van der Waals surface area contributed by atoms with Gasteiger partial charge >= 0.3 is 5.69 Å². The number of aryl methyl sites for hydroxylation is 1. The topological polar surface area (TPSA) is 94.1 Å². The Hall–Kier alpha value is -1.69. The van der Waals surface area contributed by atoms with Crippen molar-refractivity contribution in [1.82, 2.24) is 4.98 Å². The molecule has 3 N–H and O–H groups in total. The highest BCUT2D eigenvalue weighted by atomic mass is 16.6. The van der Waals surface area contributed by atoms with Gasteiger partial charge in [-0.2, -0.15) is 0 Å². The maximum atomic E-state index is 11.0. The summed E-state index contributed by atoms with van der Waals surface area (Å²) < 4.78 is 0. The van der Waals surface area contributed by atoms with Gasteiger partial charge in [0, 0.05) is 24.3 Å². The van der Waals surface area contributed by atoms with Gasteiger partial charge in [0.25, 0.3) is 0 Å². The van der Waals surface area contributed by atoms with E-state index in [0.29, 0.717) is 17.9 Å². The second-order valence-corrected chi connectivity index (χ2v) is 4.31. The van der Waals surface area contributed by atoms with Gasteiger partial charge < -0.3 is 11.1 Å². The van der Waals surface area contributed by atoms with Crippen molar-refractivity contribution in [2.75, 3.05) is 11.9 Å². The molecule has 0 amide bonds. The van der Waals surface area contributed by atoms with Gasteiger partial charge in [-0.25, -0.2) is 4.98 Å². The third kappa shape index (κ3) is 3.13. The van der Waals surface area contributed by atoms with E-state index in [2.05, 4.69) is 10.3 Å². The first-order valence-corrected chi connectivity index (χ1v) is 5.54. The van der Waals surface area contributed by atoms with Crippen molar-refractivity contribution in [2.45, 2.75) is 26.8 Å². The molecule has 6 nitrogen and oxygen atoms in total. The minimum Gasteiger partial charge on any atom is -0.360 e. The van der Waals surface area contributed by atoms with Crippen molar-refractivity contribution >= 4 is 11.5 Å². The van der Waals surface area contributed by atoms with E-state index in [1.54, 1.807) is 19.2 Å². The van der Waals surface area contributed by atoms with Gasteiger partial charge in [0.2, 0.25) is 5.82 Å². The molecule has 1 rings (SSSR count). The van der Waals surface area contributed by atoms with Crippen LogP contribution in [0.15, 0.2) is 12.3 Å². The summed E-state index contributed by atoms with van der Waals surface area (Å²) in [6.45, 7) is 6.11. The molecular formula is C11H18N4O2. The third-order valence-corrected chi connectivity index (χ3v) is 2.69. The molecule has 94 valence electrons. The zero-order chi connectivity index (χ0) is 13.0. The van der Waals surface area contributed by atoms with E-state index in [9.17, 15) is 10.1 Å². The number of rotatable bonds is 5. The number of aromatic nitrogens is 1. The van der Waals surface area contributed by atoms with E-state index in [1.165, 1.54) is 0 Å². The summed E-state index contributed by atoms with van der Waals surface area (Å²) in [5.41, 5.74) is 6.24. The van der Waals surface area contributed by atoms with Crippen LogP contribution in [0, 0.1) is 23.0 Å². The molecule has 1 atom stereocenters. The van der Waals surface area contributed by atoms with Gasteiger partial charge in [0.15, 0.2) is 0 Å². The van der Waals surface area contributed by atoms with E-state index in [4.69, 9.17) is 5.73 Å². The van der Waals surface area contributed by atoms with Crippen LogP contribution in [-0.2, 0) is 0 Å². The predicted octanol–water partition coefficient (Wildman–Crippen LogP) is 1.69. The number of nitrogens with two attached hydrogens (primary N) is 1. The summed E-state index contributed by atoms with van der Waals surface area (Å²) >= 11 is 0. The molecule has 0 aromatic carbocycles. The molecule has 0 aliphatic carbocycles. The summed E-state index contributed by atoms with van der Waals surface area (Å²) in [6.07, 6.45) is 1.55. The molecule has 0 aliphatic heterocycles. The molecule has 0 spiro atoms. The number of nitro groups is 1. The lowest BCUT2D eigenvalue weighted by Crippen LogP contribution is -2.34. The van der Waals surface area contributed by atoms with Crippen molar-refractivity contribution in [1.29, 1.82) is 0 Å². The fourth-order valence-corrected chi connectivity index (χ4v) is 1.56. The van der Waals surface area contributed by atoms with Crippen LogP contribution in [0.3, 0.4) is 0 Å². The van der Waals surface area contributed by atoms with Gasteiger partial charge in [-0.3, -0.25) is 10.1 Å². The first-order chi connectivity index (χ1) is 7.97. The van der Waals surface area contributed by atoms with Crippen molar-refractivity contribution in [3.63, 3.8) is 0 Å². The Morgan fingerprint density at radius 1 is 1.59 bits per heavy atom. The highest BCUT2D eigenvalue weighted by molar-refractivity contribution is 5.60. The van der Waals surface area contributed by atoms with Crippen LogP contribution < -0.4 is 11.1 Å². The summed E-state index contributed by atoms with van der Waals surface area (Å²) in [6, 6.07) is 1.60.